The van der Waals surface area contributed by atoms with Gasteiger partial charge in [0.1, 0.15) is 11.6 Å². The maximum absolute atomic E-state index is 12.5. The Morgan fingerprint density at radius 3 is 2.40 bits per heavy atom. The second kappa shape index (κ2) is 11.3. The van der Waals surface area contributed by atoms with Gasteiger partial charge in [-0.25, -0.2) is 9.59 Å². The van der Waals surface area contributed by atoms with E-state index in [2.05, 4.69) is 43.2 Å². The van der Waals surface area contributed by atoms with Crippen molar-refractivity contribution in [1.29, 1.82) is 0 Å². The van der Waals surface area contributed by atoms with Crippen molar-refractivity contribution in [2.75, 3.05) is 19.0 Å². The lowest BCUT2D eigenvalue weighted by molar-refractivity contribution is -0.122. The van der Waals surface area contributed by atoms with E-state index in [4.69, 9.17) is 4.74 Å². The van der Waals surface area contributed by atoms with E-state index < -0.39 is 29.7 Å². The van der Waals surface area contributed by atoms with Crippen LogP contribution in [0.25, 0.3) is 0 Å². The molecule has 0 fully saturated rings. The molecule has 0 aliphatic carbocycles. The van der Waals surface area contributed by atoms with Gasteiger partial charge in [0.2, 0.25) is 5.91 Å². The summed E-state index contributed by atoms with van der Waals surface area (Å²) in [5.74, 6) is -0.913. The highest BCUT2D eigenvalue weighted by molar-refractivity contribution is 9.10. The number of halogens is 1. The van der Waals surface area contributed by atoms with E-state index in [1.165, 1.54) is 31.4 Å². The summed E-state index contributed by atoms with van der Waals surface area (Å²) in [7, 11) is 1.24. The van der Waals surface area contributed by atoms with Crippen LogP contribution in [-0.2, 0) is 14.3 Å². The van der Waals surface area contributed by atoms with Gasteiger partial charge < -0.3 is 20.1 Å². The van der Waals surface area contributed by atoms with Gasteiger partial charge in [-0.1, -0.05) is 6.08 Å². The van der Waals surface area contributed by atoms with E-state index in [0.717, 1.165) is 0 Å². The third-order valence-corrected chi connectivity index (χ3v) is 4.19. The fourth-order valence-electron chi connectivity index (χ4n) is 2.22. The molecule has 0 aliphatic rings. The second-order valence-electron chi connectivity index (χ2n) is 7.18. The average Bonchev–Trinajstić information content (AvgIpc) is 2.64. The molecule has 1 atom stereocenters. The lowest BCUT2D eigenvalue weighted by atomic mass is 10.1. The monoisotopic (exact) mass is 483 g/mol. The lowest BCUT2D eigenvalue weighted by Gasteiger charge is -2.22. The molecule has 1 unspecified atom stereocenters. The summed E-state index contributed by atoms with van der Waals surface area (Å²) >= 11 is 3.27. The minimum Gasteiger partial charge on any atom is -0.453 e. The van der Waals surface area contributed by atoms with Crippen LogP contribution in [0.5, 0.6) is 0 Å². The number of nitrogens with one attached hydrogen (secondary N) is 3. The van der Waals surface area contributed by atoms with Gasteiger partial charge in [0.05, 0.1) is 13.7 Å². The van der Waals surface area contributed by atoms with Crippen molar-refractivity contribution in [3.05, 3.63) is 40.9 Å². The van der Waals surface area contributed by atoms with Gasteiger partial charge in [0.15, 0.2) is 5.78 Å². The van der Waals surface area contributed by atoms with Crippen LogP contribution in [0, 0.1) is 0 Å². The average molecular weight is 484 g/mol. The van der Waals surface area contributed by atoms with Crippen LogP contribution in [0.1, 0.15) is 37.6 Å². The van der Waals surface area contributed by atoms with Crippen molar-refractivity contribution in [1.82, 2.24) is 10.6 Å². The second-order valence-corrected chi connectivity index (χ2v) is 8.03. The number of carbonyl (C=O) groups excluding carboxylic acids is 4. The van der Waals surface area contributed by atoms with Crippen molar-refractivity contribution in [2.24, 2.45) is 0 Å². The summed E-state index contributed by atoms with van der Waals surface area (Å²) < 4.78 is 10.1. The Kier molecular flexibility index (Phi) is 9.51. The molecular weight excluding hydrogens is 458 g/mol. The van der Waals surface area contributed by atoms with Gasteiger partial charge in [-0.3, -0.25) is 14.9 Å². The summed E-state index contributed by atoms with van der Waals surface area (Å²) in [5, 5.41) is 7.44. The minimum absolute atomic E-state index is 0.164. The lowest BCUT2D eigenvalue weighted by Crippen LogP contribution is -2.48. The summed E-state index contributed by atoms with van der Waals surface area (Å²) in [4.78, 5) is 48.0. The summed E-state index contributed by atoms with van der Waals surface area (Å²) in [6.07, 6.45) is 0.260. The molecule has 0 aliphatic heterocycles. The van der Waals surface area contributed by atoms with Crippen LogP contribution in [0.2, 0.25) is 0 Å². The number of ketones is 1. The highest BCUT2D eigenvalue weighted by atomic mass is 79.9. The van der Waals surface area contributed by atoms with Crippen molar-refractivity contribution < 1.29 is 28.7 Å². The van der Waals surface area contributed by atoms with Gasteiger partial charge in [-0.2, -0.15) is 0 Å². The number of Topliss-reactive ketones (excluding diaryl/α,β-unsaturated/α-hetero) is 1. The molecule has 10 heteroatoms. The predicted molar refractivity (Wildman–Crippen MR) is 115 cm³/mol. The molecule has 0 spiro atoms. The van der Waals surface area contributed by atoms with Gasteiger partial charge in [0.25, 0.3) is 0 Å². The van der Waals surface area contributed by atoms with Crippen LogP contribution in [0.4, 0.5) is 15.3 Å². The normalized spacial score (nSPS) is 11.6. The Morgan fingerprint density at radius 1 is 1.20 bits per heavy atom. The number of benzene rings is 1. The number of anilines is 1. The molecule has 0 radical (unpaired) electrons. The first kappa shape index (κ1) is 25.2. The summed E-state index contributed by atoms with van der Waals surface area (Å²) in [6, 6.07) is 3.64. The molecular formula is C20H26BrN3O6. The van der Waals surface area contributed by atoms with E-state index in [1.807, 2.05) is 0 Å². The first-order valence-electron chi connectivity index (χ1n) is 9.02. The van der Waals surface area contributed by atoms with Gasteiger partial charge in [0, 0.05) is 15.7 Å². The van der Waals surface area contributed by atoms with E-state index in [9.17, 15) is 19.2 Å². The van der Waals surface area contributed by atoms with E-state index >= 15 is 0 Å². The number of hydrogen-bond acceptors (Lipinski definition) is 6. The number of methoxy groups -OCH3 is 1. The maximum Gasteiger partial charge on any atom is 0.411 e. The number of rotatable bonds is 8. The van der Waals surface area contributed by atoms with Crippen molar-refractivity contribution in [2.45, 2.75) is 38.8 Å². The number of alkyl carbamates (subject to hydrolysis) is 1. The zero-order chi connectivity index (χ0) is 22.9. The zero-order valence-electron chi connectivity index (χ0n) is 17.3. The van der Waals surface area contributed by atoms with E-state index in [-0.39, 0.29) is 18.7 Å². The molecule has 30 heavy (non-hydrogen) atoms. The highest BCUT2D eigenvalue weighted by Crippen LogP contribution is 2.22. The summed E-state index contributed by atoms with van der Waals surface area (Å²) in [5.41, 5.74) is 0.0316. The van der Waals surface area contributed by atoms with Crippen LogP contribution in [-0.4, -0.2) is 49.2 Å². The van der Waals surface area contributed by atoms with Crippen molar-refractivity contribution >= 4 is 45.5 Å². The molecule has 0 saturated heterocycles. The Labute approximate surface area is 183 Å². The highest BCUT2D eigenvalue weighted by Gasteiger charge is 2.24. The standard InChI is InChI=1S/C20H26BrN3O6/c1-6-7-15(24-19(28)30-20(2,3)4)17(26)22-11-16(25)13-9-8-12(10-14(13)21)23-18(27)29-5/h6,8-10,15H,1,7,11H2,2-5H3,(H,22,26)(H,23,27)(H,24,28). The largest absolute Gasteiger partial charge is 0.453 e. The molecule has 9 nitrogen and oxygen atoms in total. The van der Waals surface area contributed by atoms with Gasteiger partial charge in [-0.15, -0.1) is 6.58 Å². The van der Waals surface area contributed by atoms with Gasteiger partial charge in [-0.05, 0) is 61.3 Å². The first-order chi connectivity index (χ1) is 14.0. The van der Waals surface area contributed by atoms with E-state index in [0.29, 0.717) is 15.7 Å². The van der Waals surface area contributed by atoms with Crippen LogP contribution < -0.4 is 16.0 Å². The predicted octanol–water partition coefficient (Wildman–Crippen LogP) is 3.40. The Balaban J connectivity index is 2.72. The molecule has 0 aromatic heterocycles. The molecule has 0 bridgehead atoms. The topological polar surface area (TPSA) is 123 Å². The molecule has 0 heterocycles. The Bertz CT molecular complexity index is 819. The fraction of sp³-hybridized carbons (Fsp3) is 0.400. The minimum atomic E-state index is -0.930. The molecule has 164 valence electrons. The number of carbonyl (C=O) groups is 4. The third-order valence-electron chi connectivity index (χ3n) is 3.53. The molecule has 1 aromatic rings. The SMILES string of the molecule is C=CCC(NC(=O)OC(C)(C)C)C(=O)NCC(=O)c1ccc(NC(=O)OC)cc1Br. The Hall–Kier alpha value is -2.88. The third kappa shape index (κ3) is 8.64. The molecule has 1 aromatic carbocycles. The van der Waals surface area contributed by atoms with Crippen molar-refractivity contribution in [3.63, 3.8) is 0 Å². The smallest absolute Gasteiger partial charge is 0.411 e. The number of hydrogen-bond donors (Lipinski definition) is 3. The van der Waals surface area contributed by atoms with Crippen LogP contribution in [0.15, 0.2) is 35.3 Å². The molecule has 0 saturated carbocycles. The van der Waals surface area contributed by atoms with Gasteiger partial charge >= 0.3 is 12.2 Å². The first-order valence-corrected chi connectivity index (χ1v) is 9.82. The quantitative estimate of drug-likeness (QED) is 0.384. The van der Waals surface area contributed by atoms with Crippen LogP contribution in [0.3, 0.4) is 0 Å². The maximum atomic E-state index is 12.5. The molecule has 3 amide bonds. The number of amides is 3. The van der Waals surface area contributed by atoms with Crippen LogP contribution >= 0.6 is 15.9 Å². The zero-order valence-corrected chi connectivity index (χ0v) is 18.9. The fourth-order valence-corrected chi connectivity index (χ4v) is 2.82. The van der Waals surface area contributed by atoms with E-state index in [1.54, 1.807) is 20.8 Å². The van der Waals surface area contributed by atoms with Crippen molar-refractivity contribution in [3.8, 4) is 0 Å². The molecule has 3 N–H and O–H groups in total. The number of ether oxygens (including phenoxy) is 2. The molecule has 1 rings (SSSR count). The summed E-state index contributed by atoms with van der Waals surface area (Å²) in [6.45, 7) is 8.40. The Morgan fingerprint density at radius 2 is 1.87 bits per heavy atom.